The Balaban J connectivity index is 1.41. The fourth-order valence-electron chi connectivity index (χ4n) is 6.23. The highest BCUT2D eigenvalue weighted by atomic mass is 35.5. The zero-order valence-corrected chi connectivity index (χ0v) is 22.1. The summed E-state index contributed by atoms with van der Waals surface area (Å²) in [5, 5.41) is 15.7. The highest BCUT2D eigenvalue weighted by molar-refractivity contribution is 8.02. The van der Waals surface area contributed by atoms with Gasteiger partial charge in [0, 0.05) is 34.8 Å². The van der Waals surface area contributed by atoms with E-state index in [2.05, 4.69) is 10.6 Å². The lowest BCUT2D eigenvalue weighted by Gasteiger charge is -2.34. The molecule has 0 saturated carbocycles. The maximum Gasteiger partial charge on any atom is 0.248 e. The van der Waals surface area contributed by atoms with Crippen LogP contribution in [0.25, 0.3) is 0 Å². The average Bonchev–Trinajstić information content (AvgIpc) is 3.53. The number of amides is 3. The number of nitrogens with zero attached hydrogens (tertiary/aromatic N) is 1. The first-order valence-corrected chi connectivity index (χ1v) is 14.2. The van der Waals surface area contributed by atoms with Crippen molar-refractivity contribution in [1.29, 1.82) is 0 Å². The molecule has 2 bridgehead atoms. The number of aliphatic hydroxyl groups is 1. The van der Waals surface area contributed by atoms with Crippen molar-refractivity contribution >= 4 is 52.5 Å². The summed E-state index contributed by atoms with van der Waals surface area (Å²) in [6, 6.07) is 15.6. The van der Waals surface area contributed by atoms with Crippen molar-refractivity contribution in [2.75, 3.05) is 23.8 Å². The smallest absolute Gasteiger partial charge is 0.248 e. The number of fused-ring (bicyclic) bond motifs is 1. The molecule has 0 aromatic heterocycles. The molecule has 2 unspecified atom stereocenters. The van der Waals surface area contributed by atoms with Gasteiger partial charge in [-0.05, 0) is 62.1 Å². The normalized spacial score (nSPS) is 27.8. The van der Waals surface area contributed by atoms with E-state index in [4.69, 9.17) is 16.7 Å². The number of hydrogen-bond acceptors (Lipinski definition) is 5. The van der Waals surface area contributed by atoms with Crippen LogP contribution in [0.3, 0.4) is 0 Å². The summed E-state index contributed by atoms with van der Waals surface area (Å²) < 4.78 is -0.623. The average molecular weight is 542 g/mol. The van der Waals surface area contributed by atoms with Crippen LogP contribution in [-0.2, 0) is 14.4 Å². The number of halogens is 1. The number of likely N-dealkylation sites (tertiary alicyclic amines) is 1. The predicted molar refractivity (Wildman–Crippen MR) is 147 cm³/mol. The third-order valence-electron chi connectivity index (χ3n) is 7.81. The first kappa shape index (κ1) is 26.1. The maximum absolute atomic E-state index is 14.0. The van der Waals surface area contributed by atoms with Gasteiger partial charge in [0.15, 0.2) is 0 Å². The van der Waals surface area contributed by atoms with Crippen LogP contribution >= 0.6 is 23.4 Å². The zero-order chi connectivity index (χ0) is 26.0. The van der Waals surface area contributed by atoms with Gasteiger partial charge in [-0.1, -0.05) is 42.6 Å². The molecule has 3 heterocycles. The molecule has 0 aliphatic carbocycles. The van der Waals surface area contributed by atoms with Crippen LogP contribution < -0.4 is 10.6 Å². The molecule has 2 aromatic rings. The van der Waals surface area contributed by atoms with Crippen molar-refractivity contribution in [3.8, 4) is 0 Å². The molecular weight excluding hydrogens is 510 g/mol. The second-order valence-corrected chi connectivity index (χ2v) is 12.1. The molecule has 2 aromatic carbocycles. The minimum atomic E-state index is -0.650. The first-order valence-electron chi connectivity index (χ1n) is 13.0. The minimum absolute atomic E-state index is 0.00944. The van der Waals surface area contributed by atoms with Crippen LogP contribution in [0.4, 0.5) is 11.4 Å². The molecule has 1 spiro atoms. The van der Waals surface area contributed by atoms with E-state index >= 15 is 0 Å². The van der Waals surface area contributed by atoms with Crippen molar-refractivity contribution in [3.63, 3.8) is 0 Å². The van der Waals surface area contributed by atoms with E-state index in [1.165, 1.54) is 0 Å². The number of para-hydroxylation sites is 1. The lowest BCUT2D eigenvalue weighted by molar-refractivity contribution is -0.138. The van der Waals surface area contributed by atoms with E-state index in [-0.39, 0.29) is 29.6 Å². The number of anilines is 2. The summed E-state index contributed by atoms with van der Waals surface area (Å²) in [6.45, 7) is 0.607. The number of carbonyl (C=O) groups excluding carboxylic acids is 3. The van der Waals surface area contributed by atoms with Crippen LogP contribution in [0, 0.1) is 11.8 Å². The van der Waals surface area contributed by atoms with Crippen molar-refractivity contribution < 1.29 is 19.5 Å². The number of hydrogen-bond donors (Lipinski definition) is 3. The van der Waals surface area contributed by atoms with E-state index in [0.29, 0.717) is 22.9 Å². The van der Waals surface area contributed by atoms with Gasteiger partial charge in [-0.3, -0.25) is 14.4 Å². The van der Waals surface area contributed by atoms with E-state index < -0.39 is 22.6 Å². The van der Waals surface area contributed by atoms with Crippen LogP contribution in [0.1, 0.15) is 38.5 Å². The van der Waals surface area contributed by atoms with E-state index in [9.17, 15) is 14.4 Å². The molecule has 0 radical (unpaired) electrons. The van der Waals surface area contributed by atoms with Crippen molar-refractivity contribution in [3.05, 3.63) is 59.6 Å². The number of nitrogens with one attached hydrogen (secondary N) is 2. The van der Waals surface area contributed by atoms with Crippen molar-refractivity contribution in [2.45, 2.75) is 54.6 Å². The molecular formula is C28H32ClN3O4S. The molecule has 3 N–H and O–H groups in total. The molecule has 3 saturated heterocycles. The maximum atomic E-state index is 14.0. The van der Waals surface area contributed by atoms with Crippen molar-refractivity contribution in [1.82, 2.24) is 4.90 Å². The van der Waals surface area contributed by atoms with Crippen LogP contribution in [0.5, 0.6) is 0 Å². The van der Waals surface area contributed by atoms with E-state index in [0.717, 1.165) is 38.5 Å². The first-order chi connectivity index (χ1) is 17.9. The molecule has 9 heteroatoms. The fourth-order valence-corrected chi connectivity index (χ4v) is 8.58. The number of aliphatic hydroxyl groups excluding tert-OH is 1. The van der Waals surface area contributed by atoms with E-state index in [1.54, 1.807) is 40.9 Å². The Morgan fingerprint density at radius 3 is 2.38 bits per heavy atom. The number of benzene rings is 2. The van der Waals surface area contributed by atoms with Crippen molar-refractivity contribution in [2.24, 2.45) is 11.8 Å². The van der Waals surface area contributed by atoms with Gasteiger partial charge in [-0.2, -0.15) is 0 Å². The lowest BCUT2D eigenvalue weighted by atomic mass is 9.70. The van der Waals surface area contributed by atoms with Gasteiger partial charge in [0.1, 0.15) is 6.04 Å². The zero-order valence-electron chi connectivity index (χ0n) is 20.6. The van der Waals surface area contributed by atoms with Gasteiger partial charge in [-0.15, -0.1) is 11.8 Å². The lowest BCUT2D eigenvalue weighted by Crippen LogP contribution is -2.51. The Kier molecular flexibility index (Phi) is 7.79. The quantitative estimate of drug-likeness (QED) is 0.383. The number of unbranched alkanes of at least 4 members (excludes halogenated alkanes) is 3. The van der Waals surface area contributed by atoms with Crippen LogP contribution in [0.15, 0.2) is 54.6 Å². The summed E-state index contributed by atoms with van der Waals surface area (Å²) in [4.78, 5) is 43.0. The Hall–Kier alpha value is -2.55. The molecule has 5 atom stereocenters. The Bertz CT molecular complexity index is 1150. The predicted octanol–water partition coefficient (Wildman–Crippen LogP) is 4.56. The molecule has 5 rings (SSSR count). The summed E-state index contributed by atoms with van der Waals surface area (Å²) >= 11 is 7.68. The number of carbonyl (C=O) groups is 3. The summed E-state index contributed by atoms with van der Waals surface area (Å²) in [6.07, 6.45) is 4.73. The van der Waals surface area contributed by atoms with E-state index in [1.807, 2.05) is 30.3 Å². The van der Waals surface area contributed by atoms with Gasteiger partial charge in [0.05, 0.1) is 16.6 Å². The third-order valence-corrected chi connectivity index (χ3v) is 10.0. The minimum Gasteiger partial charge on any atom is -0.396 e. The van der Waals surface area contributed by atoms with Crippen LogP contribution in [-0.4, -0.2) is 56.9 Å². The standard InChI is InChI=1S/C28H32ClN3O4S/c29-18-10-12-20(13-11-18)31-26(35)24-28-15-14-21(37-28)22(25(34)30-19-8-4-3-5-9-19)23(28)27(36)32(24)16-6-1-2-7-17-33/h3-5,8-13,21-24,33H,1-2,6-7,14-17H2,(H,30,34)(H,31,35)/t21-,22+,23-,24?,28?/m0/s1. The summed E-state index contributed by atoms with van der Waals surface area (Å²) in [5.74, 6) is -1.47. The highest BCUT2D eigenvalue weighted by Crippen LogP contribution is 2.66. The second kappa shape index (κ2) is 11.1. The Morgan fingerprint density at radius 2 is 1.65 bits per heavy atom. The molecule has 196 valence electrons. The summed E-state index contributed by atoms with van der Waals surface area (Å²) in [7, 11) is 0. The molecule has 37 heavy (non-hydrogen) atoms. The van der Waals surface area contributed by atoms with Crippen LogP contribution in [0.2, 0.25) is 5.02 Å². The van der Waals surface area contributed by atoms with Gasteiger partial charge in [-0.25, -0.2) is 0 Å². The highest BCUT2D eigenvalue weighted by Gasteiger charge is 2.73. The number of thioether (sulfide) groups is 1. The van der Waals surface area contributed by atoms with Gasteiger partial charge < -0.3 is 20.6 Å². The second-order valence-electron chi connectivity index (χ2n) is 10.1. The SMILES string of the molecule is O=C(Nc1ccc(Cl)cc1)C1N(CCCCCCO)C(=O)[C@@H]2[C@H](C(=O)Nc3ccccc3)[C@@H]3CCC12S3. The fraction of sp³-hybridized carbons (Fsp3) is 0.464. The summed E-state index contributed by atoms with van der Waals surface area (Å²) in [5.41, 5.74) is 1.33. The Labute approximate surface area is 226 Å². The molecule has 3 fully saturated rings. The molecule has 3 amide bonds. The monoisotopic (exact) mass is 541 g/mol. The Morgan fingerprint density at radius 1 is 0.973 bits per heavy atom. The largest absolute Gasteiger partial charge is 0.396 e. The topological polar surface area (TPSA) is 98.7 Å². The van der Waals surface area contributed by atoms with Gasteiger partial charge in [0.2, 0.25) is 17.7 Å². The molecule has 7 nitrogen and oxygen atoms in total. The van der Waals surface area contributed by atoms with Gasteiger partial charge in [0.25, 0.3) is 0 Å². The number of rotatable bonds is 10. The molecule has 3 aliphatic heterocycles. The molecule has 3 aliphatic rings. The third kappa shape index (κ3) is 4.99. The van der Waals surface area contributed by atoms with Gasteiger partial charge >= 0.3 is 0 Å².